The van der Waals surface area contributed by atoms with Gasteiger partial charge in [0.2, 0.25) is 0 Å². The molecule has 0 saturated heterocycles. The van der Waals surface area contributed by atoms with Gasteiger partial charge in [-0.15, -0.1) is 11.3 Å². The fourth-order valence-electron chi connectivity index (χ4n) is 2.00. The minimum atomic E-state index is 0.0447. The Balaban J connectivity index is 1.87. The molecule has 1 aromatic rings. The third kappa shape index (κ3) is 3.08. The van der Waals surface area contributed by atoms with Gasteiger partial charge in [-0.2, -0.15) is 0 Å². The predicted octanol–water partition coefficient (Wildman–Crippen LogP) is 4.19. The van der Waals surface area contributed by atoms with E-state index in [0.29, 0.717) is 5.92 Å². The van der Waals surface area contributed by atoms with Gasteiger partial charge in [-0.1, -0.05) is 12.8 Å². The van der Waals surface area contributed by atoms with Crippen LogP contribution in [0.1, 0.15) is 35.4 Å². The molecule has 2 nitrogen and oxygen atoms in total. The first kappa shape index (κ1) is 12.6. The van der Waals surface area contributed by atoms with Crippen molar-refractivity contribution in [2.75, 3.05) is 6.54 Å². The molecular weight excluding hydrogens is 354 g/mol. The van der Waals surface area contributed by atoms with Gasteiger partial charge in [0.1, 0.15) is 0 Å². The Bertz CT molecular complexity index is 366. The Hall–Kier alpha value is 0.130. The number of hydrogen-bond donors (Lipinski definition) is 1. The molecule has 1 aliphatic carbocycles. The molecule has 0 unspecified atom stereocenters. The number of halogens is 2. The van der Waals surface area contributed by atoms with Crippen LogP contribution in [-0.2, 0) is 0 Å². The highest BCUT2D eigenvalue weighted by atomic mass is 79.9. The van der Waals surface area contributed by atoms with Crippen LogP contribution in [0.25, 0.3) is 0 Å². The van der Waals surface area contributed by atoms with Crippen LogP contribution in [-0.4, -0.2) is 12.5 Å². The lowest BCUT2D eigenvalue weighted by Gasteiger charge is -2.09. The van der Waals surface area contributed by atoms with E-state index in [0.717, 1.165) is 19.7 Å². The summed E-state index contributed by atoms with van der Waals surface area (Å²) in [5.41, 5.74) is 0. The molecule has 0 bridgehead atoms. The van der Waals surface area contributed by atoms with Gasteiger partial charge in [-0.3, -0.25) is 4.79 Å². The van der Waals surface area contributed by atoms with Gasteiger partial charge < -0.3 is 5.32 Å². The Morgan fingerprint density at radius 2 is 2.12 bits per heavy atom. The van der Waals surface area contributed by atoms with E-state index >= 15 is 0 Å². The van der Waals surface area contributed by atoms with Crippen molar-refractivity contribution in [2.45, 2.75) is 25.7 Å². The zero-order chi connectivity index (χ0) is 11.5. The summed E-state index contributed by atoms with van der Waals surface area (Å²) in [6.07, 6.45) is 5.16. The van der Waals surface area contributed by atoms with Crippen molar-refractivity contribution in [3.8, 4) is 0 Å². The van der Waals surface area contributed by atoms with Crippen molar-refractivity contribution in [3.05, 3.63) is 19.2 Å². The molecule has 2 rings (SSSR count). The average molecular weight is 367 g/mol. The summed E-state index contributed by atoms with van der Waals surface area (Å²) in [7, 11) is 0. The third-order valence-electron chi connectivity index (χ3n) is 2.89. The van der Waals surface area contributed by atoms with E-state index in [-0.39, 0.29) is 5.91 Å². The number of amides is 1. The summed E-state index contributed by atoms with van der Waals surface area (Å²) < 4.78 is 1.92. The van der Waals surface area contributed by atoms with E-state index in [9.17, 15) is 4.79 Å². The number of rotatable bonds is 3. The summed E-state index contributed by atoms with van der Waals surface area (Å²) in [5, 5.41) is 3.01. The quantitative estimate of drug-likeness (QED) is 0.853. The summed E-state index contributed by atoms with van der Waals surface area (Å²) in [4.78, 5) is 12.6. The summed E-state index contributed by atoms with van der Waals surface area (Å²) in [6.45, 7) is 0.825. The van der Waals surface area contributed by atoms with Gasteiger partial charge in [-0.05, 0) is 56.7 Å². The minimum Gasteiger partial charge on any atom is -0.351 e. The van der Waals surface area contributed by atoms with E-state index in [1.165, 1.54) is 37.0 Å². The standard InChI is InChI=1S/C11H13Br2NOS/c12-8-5-9(16-10(8)13)11(15)14-6-7-3-1-2-4-7/h5,7H,1-4,6H2,(H,14,15). The van der Waals surface area contributed by atoms with Gasteiger partial charge >= 0.3 is 0 Å². The highest BCUT2D eigenvalue weighted by molar-refractivity contribution is 9.13. The minimum absolute atomic E-state index is 0.0447. The molecule has 0 spiro atoms. The van der Waals surface area contributed by atoms with Crippen LogP contribution in [0.3, 0.4) is 0 Å². The van der Waals surface area contributed by atoms with Crippen LogP contribution in [0.15, 0.2) is 14.3 Å². The summed E-state index contributed by atoms with van der Waals surface area (Å²) in [5.74, 6) is 0.735. The maximum Gasteiger partial charge on any atom is 0.261 e. The van der Waals surface area contributed by atoms with Crippen molar-refractivity contribution in [1.29, 1.82) is 0 Å². The fraction of sp³-hybridized carbons (Fsp3) is 0.545. The molecule has 0 aliphatic heterocycles. The van der Waals surface area contributed by atoms with Crippen LogP contribution in [0.4, 0.5) is 0 Å². The first-order valence-corrected chi connectivity index (χ1v) is 7.80. The van der Waals surface area contributed by atoms with Gasteiger partial charge in [0, 0.05) is 11.0 Å². The van der Waals surface area contributed by atoms with Gasteiger partial charge in [-0.25, -0.2) is 0 Å². The Morgan fingerprint density at radius 3 is 2.69 bits per heavy atom. The first-order valence-electron chi connectivity index (χ1n) is 5.40. The molecule has 0 atom stereocenters. The lowest BCUT2D eigenvalue weighted by atomic mass is 10.1. The van der Waals surface area contributed by atoms with Crippen LogP contribution in [0, 0.1) is 5.92 Å². The van der Waals surface area contributed by atoms with E-state index in [1.54, 1.807) is 0 Å². The Labute approximate surface area is 116 Å². The largest absolute Gasteiger partial charge is 0.351 e. The monoisotopic (exact) mass is 365 g/mol. The smallest absolute Gasteiger partial charge is 0.261 e. The topological polar surface area (TPSA) is 29.1 Å². The van der Waals surface area contributed by atoms with Crippen molar-refractivity contribution in [3.63, 3.8) is 0 Å². The van der Waals surface area contributed by atoms with E-state index in [2.05, 4.69) is 37.2 Å². The second kappa shape index (κ2) is 5.65. The average Bonchev–Trinajstić information content (AvgIpc) is 2.86. The van der Waals surface area contributed by atoms with E-state index in [4.69, 9.17) is 0 Å². The second-order valence-electron chi connectivity index (χ2n) is 4.09. The zero-order valence-corrected chi connectivity index (χ0v) is 12.8. The lowest BCUT2D eigenvalue weighted by molar-refractivity contribution is 0.0951. The SMILES string of the molecule is O=C(NCC1CCCC1)c1cc(Br)c(Br)s1. The molecule has 0 aromatic carbocycles. The Kier molecular flexibility index (Phi) is 4.44. The third-order valence-corrected chi connectivity index (χ3v) is 6.15. The summed E-state index contributed by atoms with van der Waals surface area (Å²) >= 11 is 8.24. The Morgan fingerprint density at radius 1 is 1.44 bits per heavy atom. The molecule has 88 valence electrons. The van der Waals surface area contributed by atoms with Crippen LogP contribution < -0.4 is 5.32 Å². The maximum atomic E-state index is 11.8. The highest BCUT2D eigenvalue weighted by Crippen LogP contribution is 2.32. The van der Waals surface area contributed by atoms with Gasteiger partial charge in [0.25, 0.3) is 5.91 Å². The van der Waals surface area contributed by atoms with Crippen LogP contribution in [0.5, 0.6) is 0 Å². The number of nitrogens with one attached hydrogen (secondary N) is 1. The normalized spacial score (nSPS) is 16.6. The van der Waals surface area contributed by atoms with Crippen molar-refractivity contribution >= 4 is 49.1 Å². The first-order chi connectivity index (χ1) is 7.66. The molecule has 1 aliphatic rings. The molecule has 1 amide bonds. The molecule has 1 fully saturated rings. The molecule has 1 aromatic heterocycles. The van der Waals surface area contributed by atoms with Crippen LogP contribution >= 0.6 is 43.2 Å². The predicted molar refractivity (Wildman–Crippen MR) is 74.0 cm³/mol. The molecule has 5 heteroatoms. The highest BCUT2D eigenvalue weighted by Gasteiger charge is 2.17. The van der Waals surface area contributed by atoms with Gasteiger partial charge in [0.05, 0.1) is 8.66 Å². The molecule has 0 radical (unpaired) electrons. The van der Waals surface area contributed by atoms with Crippen LogP contribution in [0.2, 0.25) is 0 Å². The van der Waals surface area contributed by atoms with Crippen molar-refractivity contribution < 1.29 is 4.79 Å². The molecule has 16 heavy (non-hydrogen) atoms. The van der Waals surface area contributed by atoms with E-state index in [1.807, 2.05) is 6.07 Å². The number of carbonyl (C=O) groups excluding carboxylic acids is 1. The molecule has 1 saturated carbocycles. The fourth-order valence-corrected chi connectivity index (χ4v) is 3.95. The number of carbonyl (C=O) groups is 1. The summed E-state index contributed by atoms with van der Waals surface area (Å²) in [6, 6.07) is 1.86. The molecule has 1 N–H and O–H groups in total. The number of hydrogen-bond acceptors (Lipinski definition) is 2. The lowest BCUT2D eigenvalue weighted by Crippen LogP contribution is -2.27. The zero-order valence-electron chi connectivity index (χ0n) is 8.76. The molecular formula is C11H13Br2NOS. The maximum absolute atomic E-state index is 11.8. The second-order valence-corrected chi connectivity index (χ2v) is 7.32. The number of thiophene rings is 1. The van der Waals surface area contributed by atoms with Crippen molar-refractivity contribution in [2.24, 2.45) is 5.92 Å². The van der Waals surface area contributed by atoms with E-state index < -0.39 is 0 Å². The van der Waals surface area contributed by atoms with Gasteiger partial charge in [0.15, 0.2) is 0 Å². The molecule has 1 heterocycles. The van der Waals surface area contributed by atoms with Crippen molar-refractivity contribution in [1.82, 2.24) is 5.32 Å².